The molecule has 2 rings (SSSR count). The number of hydrogen-bond donors (Lipinski definition) is 1. The van der Waals surface area contributed by atoms with Crippen LogP contribution < -0.4 is 4.74 Å². The van der Waals surface area contributed by atoms with Crippen LogP contribution in [0.1, 0.15) is 63.5 Å². The summed E-state index contributed by atoms with van der Waals surface area (Å²) in [5, 5.41) is 10.6. The number of methoxy groups -OCH3 is 1. The van der Waals surface area contributed by atoms with Crippen LogP contribution in [-0.2, 0) is 0 Å². The van der Waals surface area contributed by atoms with Crippen LogP contribution in [0.2, 0.25) is 0 Å². The summed E-state index contributed by atoms with van der Waals surface area (Å²) in [6.07, 6.45) is 8.48. The third-order valence-corrected chi connectivity index (χ3v) is 4.76. The van der Waals surface area contributed by atoms with E-state index in [1.165, 1.54) is 32.1 Å². The Hall–Kier alpha value is -1.02. The highest BCUT2D eigenvalue weighted by Crippen LogP contribution is 2.40. The largest absolute Gasteiger partial charge is 0.496 e. The quantitative estimate of drug-likeness (QED) is 0.814. The first-order valence-electron chi connectivity index (χ1n) is 8.07. The standard InChI is InChI=1S/C18H28O2/c1-3-4-7-14-10-12-15(13-11-14)18(19)16-8-5-6-9-17(16)20-2/h5-6,8-9,14-15,18-19H,3-4,7,10-13H2,1-2H3. The molecule has 112 valence electrons. The molecule has 1 aromatic carbocycles. The van der Waals surface area contributed by atoms with Gasteiger partial charge >= 0.3 is 0 Å². The van der Waals surface area contributed by atoms with Gasteiger partial charge in [0, 0.05) is 5.56 Å². The number of rotatable bonds is 6. The summed E-state index contributed by atoms with van der Waals surface area (Å²) in [7, 11) is 1.67. The van der Waals surface area contributed by atoms with Crippen LogP contribution in [0.15, 0.2) is 24.3 Å². The summed E-state index contributed by atoms with van der Waals surface area (Å²) in [5.41, 5.74) is 0.951. The Labute approximate surface area is 123 Å². The number of unbranched alkanes of at least 4 members (excludes halogenated alkanes) is 1. The highest BCUT2D eigenvalue weighted by molar-refractivity contribution is 5.35. The fourth-order valence-electron chi connectivity index (χ4n) is 3.45. The zero-order valence-corrected chi connectivity index (χ0v) is 12.8. The van der Waals surface area contributed by atoms with E-state index in [-0.39, 0.29) is 6.10 Å². The summed E-state index contributed by atoms with van der Waals surface area (Å²) < 4.78 is 5.37. The molecule has 1 aliphatic rings. The molecule has 2 nitrogen and oxygen atoms in total. The minimum atomic E-state index is -0.377. The van der Waals surface area contributed by atoms with Crippen LogP contribution in [0.3, 0.4) is 0 Å². The van der Waals surface area contributed by atoms with Crippen LogP contribution in [-0.4, -0.2) is 12.2 Å². The number of ether oxygens (including phenoxy) is 1. The highest BCUT2D eigenvalue weighted by atomic mass is 16.5. The molecule has 0 saturated heterocycles. The van der Waals surface area contributed by atoms with E-state index in [4.69, 9.17) is 4.74 Å². The molecule has 0 spiro atoms. The zero-order chi connectivity index (χ0) is 14.4. The van der Waals surface area contributed by atoms with Crippen molar-refractivity contribution >= 4 is 0 Å². The second-order valence-corrected chi connectivity index (χ2v) is 6.11. The molecule has 0 heterocycles. The second-order valence-electron chi connectivity index (χ2n) is 6.11. The number of aliphatic hydroxyl groups excluding tert-OH is 1. The molecular formula is C18H28O2. The van der Waals surface area contributed by atoms with Gasteiger partial charge in [-0.25, -0.2) is 0 Å². The van der Waals surface area contributed by atoms with Crippen molar-refractivity contribution in [1.82, 2.24) is 0 Å². The van der Waals surface area contributed by atoms with E-state index >= 15 is 0 Å². The summed E-state index contributed by atoms with van der Waals surface area (Å²) in [4.78, 5) is 0. The lowest BCUT2D eigenvalue weighted by Gasteiger charge is -2.32. The molecule has 1 unspecified atom stereocenters. The van der Waals surface area contributed by atoms with Gasteiger partial charge in [-0.15, -0.1) is 0 Å². The number of para-hydroxylation sites is 1. The van der Waals surface area contributed by atoms with Gasteiger partial charge in [-0.05, 0) is 30.7 Å². The van der Waals surface area contributed by atoms with E-state index in [1.54, 1.807) is 7.11 Å². The molecule has 0 amide bonds. The molecule has 1 saturated carbocycles. The van der Waals surface area contributed by atoms with Crippen molar-refractivity contribution in [2.75, 3.05) is 7.11 Å². The summed E-state index contributed by atoms with van der Waals surface area (Å²) in [5.74, 6) is 2.09. The van der Waals surface area contributed by atoms with Crippen LogP contribution in [0.4, 0.5) is 0 Å². The molecular weight excluding hydrogens is 248 g/mol. The van der Waals surface area contributed by atoms with Crippen molar-refractivity contribution in [2.45, 2.75) is 58.0 Å². The second kappa shape index (κ2) is 7.68. The van der Waals surface area contributed by atoms with Crippen molar-refractivity contribution in [3.8, 4) is 5.75 Å². The minimum absolute atomic E-state index is 0.377. The Morgan fingerprint density at radius 3 is 2.55 bits per heavy atom. The molecule has 1 aliphatic carbocycles. The molecule has 20 heavy (non-hydrogen) atoms. The maximum Gasteiger partial charge on any atom is 0.124 e. The Morgan fingerprint density at radius 2 is 1.90 bits per heavy atom. The van der Waals surface area contributed by atoms with E-state index in [0.29, 0.717) is 5.92 Å². The van der Waals surface area contributed by atoms with E-state index in [0.717, 1.165) is 30.1 Å². The van der Waals surface area contributed by atoms with Crippen molar-refractivity contribution in [3.63, 3.8) is 0 Å². The number of benzene rings is 1. The van der Waals surface area contributed by atoms with E-state index < -0.39 is 0 Å². The van der Waals surface area contributed by atoms with Gasteiger partial charge in [0.05, 0.1) is 13.2 Å². The Morgan fingerprint density at radius 1 is 1.20 bits per heavy atom. The van der Waals surface area contributed by atoms with Gasteiger partial charge in [-0.3, -0.25) is 0 Å². The van der Waals surface area contributed by atoms with Gasteiger partial charge in [-0.2, -0.15) is 0 Å². The lowest BCUT2D eigenvalue weighted by atomic mass is 9.76. The SMILES string of the molecule is CCCCC1CCC(C(O)c2ccccc2OC)CC1. The molecule has 0 radical (unpaired) electrons. The Kier molecular flexibility index (Phi) is 5.90. The predicted octanol–water partition coefficient (Wildman–Crippen LogP) is 4.73. The average Bonchev–Trinajstić information content (AvgIpc) is 2.52. The summed E-state index contributed by atoms with van der Waals surface area (Å²) in [6, 6.07) is 7.86. The predicted molar refractivity (Wildman–Crippen MR) is 82.9 cm³/mol. The smallest absolute Gasteiger partial charge is 0.124 e. The van der Waals surface area contributed by atoms with Crippen LogP contribution in [0.25, 0.3) is 0 Å². The molecule has 0 aliphatic heterocycles. The van der Waals surface area contributed by atoms with E-state index in [1.807, 2.05) is 24.3 Å². The fourth-order valence-corrected chi connectivity index (χ4v) is 3.45. The van der Waals surface area contributed by atoms with Gasteiger partial charge in [0.1, 0.15) is 5.75 Å². The number of aliphatic hydroxyl groups is 1. The van der Waals surface area contributed by atoms with E-state index in [2.05, 4.69) is 6.92 Å². The third kappa shape index (κ3) is 3.76. The zero-order valence-electron chi connectivity index (χ0n) is 12.8. The van der Waals surface area contributed by atoms with Gasteiger partial charge in [0.15, 0.2) is 0 Å². The normalized spacial score (nSPS) is 24.4. The molecule has 1 atom stereocenters. The van der Waals surface area contributed by atoms with Crippen LogP contribution >= 0.6 is 0 Å². The lowest BCUT2D eigenvalue weighted by Crippen LogP contribution is -2.21. The minimum Gasteiger partial charge on any atom is -0.496 e. The Balaban J connectivity index is 1.93. The third-order valence-electron chi connectivity index (χ3n) is 4.76. The molecule has 1 aromatic rings. The first-order valence-corrected chi connectivity index (χ1v) is 8.07. The molecule has 1 fully saturated rings. The maximum absolute atomic E-state index is 10.6. The first kappa shape index (κ1) is 15.4. The van der Waals surface area contributed by atoms with Gasteiger partial charge in [-0.1, -0.05) is 57.2 Å². The first-order chi connectivity index (χ1) is 9.76. The molecule has 0 bridgehead atoms. The molecule has 2 heteroatoms. The molecule has 1 N–H and O–H groups in total. The number of hydrogen-bond acceptors (Lipinski definition) is 2. The van der Waals surface area contributed by atoms with Crippen molar-refractivity contribution < 1.29 is 9.84 Å². The maximum atomic E-state index is 10.6. The van der Waals surface area contributed by atoms with Gasteiger partial charge < -0.3 is 9.84 Å². The summed E-state index contributed by atoms with van der Waals surface area (Å²) >= 11 is 0. The average molecular weight is 276 g/mol. The summed E-state index contributed by atoms with van der Waals surface area (Å²) in [6.45, 7) is 2.26. The van der Waals surface area contributed by atoms with Crippen molar-refractivity contribution in [2.24, 2.45) is 11.8 Å². The fraction of sp³-hybridized carbons (Fsp3) is 0.667. The van der Waals surface area contributed by atoms with Gasteiger partial charge in [0.2, 0.25) is 0 Å². The van der Waals surface area contributed by atoms with Crippen molar-refractivity contribution in [1.29, 1.82) is 0 Å². The topological polar surface area (TPSA) is 29.5 Å². The van der Waals surface area contributed by atoms with Gasteiger partial charge in [0.25, 0.3) is 0 Å². The van der Waals surface area contributed by atoms with Crippen molar-refractivity contribution in [3.05, 3.63) is 29.8 Å². The van der Waals surface area contributed by atoms with Crippen LogP contribution in [0.5, 0.6) is 5.75 Å². The highest BCUT2D eigenvalue weighted by Gasteiger charge is 2.28. The molecule has 0 aromatic heterocycles. The van der Waals surface area contributed by atoms with Crippen LogP contribution in [0, 0.1) is 11.8 Å². The van der Waals surface area contributed by atoms with E-state index in [9.17, 15) is 5.11 Å². The monoisotopic (exact) mass is 276 g/mol. The lowest BCUT2D eigenvalue weighted by molar-refractivity contribution is 0.0700. The Bertz CT molecular complexity index is 394.